The molecule has 0 saturated carbocycles. The highest BCUT2D eigenvalue weighted by atomic mass is 79.9. The SMILES string of the molecule is CCOc1cccc(OC(=O)CC)c1COc1ccc(C)cc1Br. The third-order valence-electron chi connectivity index (χ3n) is 3.36. The van der Waals surface area contributed by atoms with Crippen molar-refractivity contribution in [1.82, 2.24) is 0 Å². The summed E-state index contributed by atoms with van der Waals surface area (Å²) in [4.78, 5) is 11.7. The van der Waals surface area contributed by atoms with Crippen LogP contribution in [0.15, 0.2) is 40.9 Å². The molecule has 0 heterocycles. The molecule has 0 N–H and O–H groups in total. The number of hydrogen-bond acceptors (Lipinski definition) is 4. The average Bonchev–Trinajstić information content (AvgIpc) is 2.56. The molecule has 0 unspecified atom stereocenters. The van der Waals surface area contributed by atoms with Gasteiger partial charge in [0.1, 0.15) is 23.9 Å². The molecule has 0 aliphatic carbocycles. The van der Waals surface area contributed by atoms with Crippen LogP contribution in [0.1, 0.15) is 31.4 Å². The fourth-order valence-corrected chi connectivity index (χ4v) is 2.75. The van der Waals surface area contributed by atoms with Crippen molar-refractivity contribution in [3.05, 3.63) is 52.0 Å². The van der Waals surface area contributed by atoms with Crippen LogP contribution in [-0.2, 0) is 11.4 Å². The maximum atomic E-state index is 11.7. The van der Waals surface area contributed by atoms with Gasteiger partial charge in [-0.15, -0.1) is 0 Å². The summed E-state index contributed by atoms with van der Waals surface area (Å²) in [5, 5.41) is 0. The molecular formula is C19H21BrO4. The van der Waals surface area contributed by atoms with Crippen molar-refractivity contribution >= 4 is 21.9 Å². The first-order valence-electron chi connectivity index (χ1n) is 7.89. The smallest absolute Gasteiger partial charge is 0.310 e. The largest absolute Gasteiger partial charge is 0.493 e. The minimum absolute atomic E-state index is 0.240. The highest BCUT2D eigenvalue weighted by molar-refractivity contribution is 9.10. The summed E-state index contributed by atoms with van der Waals surface area (Å²) in [6.07, 6.45) is 0.308. The van der Waals surface area contributed by atoms with E-state index in [4.69, 9.17) is 14.2 Å². The first-order valence-corrected chi connectivity index (χ1v) is 8.68. The second kappa shape index (κ2) is 8.73. The molecule has 0 aliphatic rings. The second-order valence-electron chi connectivity index (χ2n) is 5.22. The molecular weight excluding hydrogens is 372 g/mol. The third kappa shape index (κ3) is 4.74. The number of carbonyl (C=O) groups is 1. The molecule has 0 saturated heterocycles. The molecule has 128 valence electrons. The number of aryl methyl sites for hydroxylation is 1. The Kier molecular flexibility index (Phi) is 6.67. The zero-order valence-corrected chi connectivity index (χ0v) is 15.7. The van der Waals surface area contributed by atoms with E-state index in [9.17, 15) is 4.79 Å². The average molecular weight is 393 g/mol. The highest BCUT2D eigenvalue weighted by Crippen LogP contribution is 2.32. The van der Waals surface area contributed by atoms with Gasteiger partial charge in [0.05, 0.1) is 16.6 Å². The van der Waals surface area contributed by atoms with Gasteiger partial charge in [0.2, 0.25) is 0 Å². The lowest BCUT2D eigenvalue weighted by Gasteiger charge is -2.16. The van der Waals surface area contributed by atoms with Gasteiger partial charge < -0.3 is 14.2 Å². The summed E-state index contributed by atoms with van der Waals surface area (Å²) in [6.45, 7) is 6.44. The van der Waals surface area contributed by atoms with Gasteiger partial charge in [-0.2, -0.15) is 0 Å². The normalized spacial score (nSPS) is 10.3. The summed E-state index contributed by atoms with van der Waals surface area (Å²) in [7, 11) is 0. The summed E-state index contributed by atoms with van der Waals surface area (Å²) in [6, 6.07) is 11.3. The Morgan fingerprint density at radius 2 is 1.79 bits per heavy atom. The van der Waals surface area contributed by atoms with E-state index >= 15 is 0 Å². The maximum absolute atomic E-state index is 11.7. The van der Waals surface area contributed by atoms with E-state index in [0.29, 0.717) is 30.1 Å². The van der Waals surface area contributed by atoms with E-state index in [2.05, 4.69) is 15.9 Å². The predicted molar refractivity (Wildman–Crippen MR) is 96.7 cm³/mol. The van der Waals surface area contributed by atoms with Crippen LogP contribution >= 0.6 is 15.9 Å². The van der Waals surface area contributed by atoms with E-state index in [1.165, 1.54) is 0 Å². The van der Waals surface area contributed by atoms with Gasteiger partial charge in [0, 0.05) is 6.42 Å². The lowest BCUT2D eigenvalue weighted by molar-refractivity contribution is -0.134. The van der Waals surface area contributed by atoms with Crippen LogP contribution in [0.3, 0.4) is 0 Å². The van der Waals surface area contributed by atoms with Crippen molar-refractivity contribution in [2.75, 3.05) is 6.61 Å². The van der Waals surface area contributed by atoms with Crippen LogP contribution < -0.4 is 14.2 Å². The lowest BCUT2D eigenvalue weighted by atomic mass is 10.2. The van der Waals surface area contributed by atoms with Gasteiger partial charge in [-0.3, -0.25) is 4.79 Å². The molecule has 0 spiro atoms. The van der Waals surface area contributed by atoms with Gasteiger partial charge in [-0.05, 0) is 59.6 Å². The first kappa shape index (κ1) is 18.3. The standard InChI is InChI=1S/C19H21BrO4/c1-4-19(21)24-17-8-6-7-16(22-5-2)14(17)12-23-18-10-9-13(3)11-15(18)20/h6-11H,4-5,12H2,1-3H3. The Morgan fingerprint density at radius 3 is 2.46 bits per heavy atom. The number of carbonyl (C=O) groups excluding carboxylic acids is 1. The summed E-state index contributed by atoms with van der Waals surface area (Å²) < 4.78 is 17.8. The van der Waals surface area contributed by atoms with Crippen molar-refractivity contribution in [3.63, 3.8) is 0 Å². The number of hydrogen-bond donors (Lipinski definition) is 0. The van der Waals surface area contributed by atoms with Crippen molar-refractivity contribution in [1.29, 1.82) is 0 Å². The molecule has 0 amide bonds. The first-order chi connectivity index (χ1) is 11.5. The highest BCUT2D eigenvalue weighted by Gasteiger charge is 2.15. The van der Waals surface area contributed by atoms with Gasteiger partial charge in [-0.25, -0.2) is 0 Å². The quantitative estimate of drug-likeness (QED) is 0.488. The Bertz CT molecular complexity index is 713. The van der Waals surface area contributed by atoms with Crippen LogP contribution in [0.25, 0.3) is 0 Å². The molecule has 0 atom stereocenters. The van der Waals surface area contributed by atoms with Crippen molar-refractivity contribution in [3.8, 4) is 17.2 Å². The molecule has 0 aliphatic heterocycles. The number of rotatable bonds is 7. The molecule has 0 fully saturated rings. The molecule has 4 nitrogen and oxygen atoms in total. The van der Waals surface area contributed by atoms with Crippen molar-refractivity contribution < 1.29 is 19.0 Å². The summed E-state index contributed by atoms with van der Waals surface area (Å²) >= 11 is 3.50. The van der Waals surface area contributed by atoms with Crippen molar-refractivity contribution in [2.24, 2.45) is 0 Å². The van der Waals surface area contributed by atoms with E-state index < -0.39 is 0 Å². The summed E-state index contributed by atoms with van der Waals surface area (Å²) in [5.41, 5.74) is 1.86. The van der Waals surface area contributed by atoms with Gasteiger partial charge in [0.25, 0.3) is 0 Å². The minimum Gasteiger partial charge on any atom is -0.493 e. The van der Waals surface area contributed by atoms with Crippen LogP contribution in [0.4, 0.5) is 0 Å². The van der Waals surface area contributed by atoms with Crippen molar-refractivity contribution in [2.45, 2.75) is 33.8 Å². The molecule has 0 bridgehead atoms. The Balaban J connectivity index is 2.26. The van der Waals surface area contributed by atoms with E-state index in [0.717, 1.165) is 15.8 Å². The van der Waals surface area contributed by atoms with Gasteiger partial charge in [0.15, 0.2) is 0 Å². The molecule has 5 heteroatoms. The fraction of sp³-hybridized carbons (Fsp3) is 0.316. The number of ether oxygens (including phenoxy) is 3. The topological polar surface area (TPSA) is 44.8 Å². The number of halogens is 1. The zero-order chi connectivity index (χ0) is 17.5. The maximum Gasteiger partial charge on any atom is 0.310 e. The predicted octanol–water partition coefficient (Wildman–Crippen LogP) is 5.05. The second-order valence-corrected chi connectivity index (χ2v) is 6.07. The minimum atomic E-state index is -0.290. The van der Waals surface area contributed by atoms with Crippen LogP contribution in [0.2, 0.25) is 0 Å². The number of esters is 1. The fourth-order valence-electron chi connectivity index (χ4n) is 2.14. The number of benzene rings is 2. The van der Waals surface area contributed by atoms with Crippen LogP contribution in [0.5, 0.6) is 17.2 Å². The van der Waals surface area contributed by atoms with E-state index in [1.807, 2.05) is 38.1 Å². The van der Waals surface area contributed by atoms with Crippen LogP contribution in [0, 0.1) is 6.92 Å². The molecule has 2 aromatic rings. The molecule has 2 rings (SSSR count). The van der Waals surface area contributed by atoms with E-state index in [1.54, 1.807) is 19.1 Å². The monoisotopic (exact) mass is 392 g/mol. The molecule has 2 aromatic carbocycles. The lowest BCUT2D eigenvalue weighted by Crippen LogP contribution is -2.10. The van der Waals surface area contributed by atoms with Gasteiger partial charge in [-0.1, -0.05) is 19.1 Å². The summed E-state index contributed by atoms with van der Waals surface area (Å²) in [5.74, 6) is 1.55. The Labute approximate surface area is 150 Å². The van der Waals surface area contributed by atoms with Crippen LogP contribution in [-0.4, -0.2) is 12.6 Å². The van der Waals surface area contributed by atoms with E-state index in [-0.39, 0.29) is 12.6 Å². The van der Waals surface area contributed by atoms with Gasteiger partial charge >= 0.3 is 5.97 Å². The third-order valence-corrected chi connectivity index (χ3v) is 3.98. The Hall–Kier alpha value is -2.01. The Morgan fingerprint density at radius 1 is 1.04 bits per heavy atom. The molecule has 0 radical (unpaired) electrons. The zero-order valence-electron chi connectivity index (χ0n) is 14.1. The molecule has 24 heavy (non-hydrogen) atoms. The molecule has 0 aromatic heterocycles.